The van der Waals surface area contributed by atoms with Gasteiger partial charge in [-0.1, -0.05) is 23.2 Å². The summed E-state index contributed by atoms with van der Waals surface area (Å²) in [5.41, 5.74) is 0.597. The zero-order valence-corrected chi connectivity index (χ0v) is 12.4. The topological polar surface area (TPSA) is 56.1 Å². The van der Waals surface area contributed by atoms with Gasteiger partial charge in [-0.15, -0.1) is 0 Å². The van der Waals surface area contributed by atoms with Gasteiger partial charge in [0.25, 0.3) is 0 Å². The molecular weight excluding hydrogens is 297 g/mol. The van der Waals surface area contributed by atoms with Crippen LogP contribution in [-0.2, 0) is 4.79 Å². The smallest absolute Gasteiger partial charge is 0.238 e. The van der Waals surface area contributed by atoms with Gasteiger partial charge in [0.15, 0.2) is 0 Å². The average Bonchev–Trinajstić information content (AvgIpc) is 2.38. The van der Waals surface area contributed by atoms with Crippen LogP contribution in [0, 0.1) is 17.2 Å². The molecule has 1 fully saturated rings. The Balaban J connectivity index is 1.85. The first-order chi connectivity index (χ1) is 9.56. The molecule has 2 rings (SSSR count). The summed E-state index contributed by atoms with van der Waals surface area (Å²) in [7, 11) is 0. The van der Waals surface area contributed by atoms with E-state index in [4.69, 9.17) is 28.5 Å². The van der Waals surface area contributed by atoms with E-state index in [2.05, 4.69) is 16.3 Å². The van der Waals surface area contributed by atoms with Crippen molar-refractivity contribution in [2.24, 2.45) is 5.92 Å². The second-order valence-electron chi connectivity index (χ2n) is 4.89. The highest BCUT2D eigenvalue weighted by atomic mass is 35.5. The number of benzene rings is 1. The van der Waals surface area contributed by atoms with Crippen molar-refractivity contribution in [1.82, 2.24) is 4.90 Å². The van der Waals surface area contributed by atoms with Crippen LogP contribution in [0.3, 0.4) is 0 Å². The molecule has 106 valence electrons. The van der Waals surface area contributed by atoms with Gasteiger partial charge in [-0.3, -0.25) is 9.69 Å². The number of carbonyl (C=O) groups excluding carboxylic acids is 1. The van der Waals surface area contributed by atoms with E-state index in [0.29, 0.717) is 22.3 Å². The Morgan fingerprint density at radius 2 is 1.90 bits per heavy atom. The molecule has 4 nitrogen and oxygen atoms in total. The standard InChI is InChI=1S/C14H15Cl2N3O/c15-11-5-12(16)7-13(6-11)18-14(20)9-19-3-1-10(8-17)2-4-19/h5-7,10H,1-4,9H2,(H,18,20). The number of nitriles is 1. The van der Waals surface area contributed by atoms with Crippen molar-refractivity contribution < 1.29 is 4.79 Å². The Hall–Kier alpha value is -1.28. The summed E-state index contributed by atoms with van der Waals surface area (Å²) in [5.74, 6) is 0.0276. The quantitative estimate of drug-likeness (QED) is 0.932. The van der Waals surface area contributed by atoms with Crippen molar-refractivity contribution in [2.75, 3.05) is 25.0 Å². The fourth-order valence-corrected chi connectivity index (χ4v) is 2.78. The predicted octanol–water partition coefficient (Wildman–Crippen LogP) is 3.17. The zero-order chi connectivity index (χ0) is 14.5. The number of hydrogen-bond donors (Lipinski definition) is 1. The number of likely N-dealkylation sites (tertiary alicyclic amines) is 1. The van der Waals surface area contributed by atoms with Gasteiger partial charge in [-0.25, -0.2) is 0 Å². The summed E-state index contributed by atoms with van der Waals surface area (Å²) < 4.78 is 0. The zero-order valence-electron chi connectivity index (χ0n) is 10.9. The molecule has 1 aromatic rings. The van der Waals surface area contributed by atoms with Gasteiger partial charge in [0, 0.05) is 21.7 Å². The summed E-state index contributed by atoms with van der Waals surface area (Å²) in [6.07, 6.45) is 1.65. The van der Waals surface area contributed by atoms with Crippen LogP contribution in [0.15, 0.2) is 18.2 Å². The van der Waals surface area contributed by atoms with E-state index >= 15 is 0 Å². The SMILES string of the molecule is N#CC1CCN(CC(=O)Nc2cc(Cl)cc(Cl)c2)CC1. The van der Waals surface area contributed by atoms with E-state index in [9.17, 15) is 4.79 Å². The highest BCUT2D eigenvalue weighted by molar-refractivity contribution is 6.35. The van der Waals surface area contributed by atoms with Crippen molar-refractivity contribution in [2.45, 2.75) is 12.8 Å². The molecule has 0 aromatic heterocycles. The first kappa shape index (κ1) is 15.1. The van der Waals surface area contributed by atoms with Crippen LogP contribution in [0.5, 0.6) is 0 Å². The lowest BCUT2D eigenvalue weighted by atomic mass is 9.99. The number of nitrogens with one attached hydrogen (secondary N) is 1. The number of rotatable bonds is 3. The van der Waals surface area contributed by atoms with Crippen LogP contribution in [-0.4, -0.2) is 30.4 Å². The number of piperidine rings is 1. The number of anilines is 1. The predicted molar refractivity (Wildman–Crippen MR) is 79.9 cm³/mol. The molecule has 1 aliphatic rings. The fourth-order valence-electron chi connectivity index (χ4n) is 2.25. The van der Waals surface area contributed by atoms with E-state index in [0.717, 1.165) is 25.9 Å². The maximum atomic E-state index is 12.0. The molecule has 0 radical (unpaired) electrons. The minimum atomic E-state index is -0.0984. The fraction of sp³-hybridized carbons (Fsp3) is 0.429. The molecule has 0 aliphatic carbocycles. The third-order valence-electron chi connectivity index (χ3n) is 3.28. The third-order valence-corrected chi connectivity index (χ3v) is 3.72. The van der Waals surface area contributed by atoms with E-state index < -0.39 is 0 Å². The van der Waals surface area contributed by atoms with Crippen LogP contribution in [0.25, 0.3) is 0 Å². The molecule has 0 spiro atoms. The van der Waals surface area contributed by atoms with Gasteiger partial charge in [-0.2, -0.15) is 5.26 Å². The van der Waals surface area contributed by atoms with Crippen LogP contribution in [0.4, 0.5) is 5.69 Å². The van der Waals surface area contributed by atoms with Crippen molar-refractivity contribution in [1.29, 1.82) is 5.26 Å². The van der Waals surface area contributed by atoms with E-state index in [1.165, 1.54) is 0 Å². The molecule has 1 heterocycles. The van der Waals surface area contributed by atoms with Crippen molar-refractivity contribution in [3.05, 3.63) is 28.2 Å². The maximum Gasteiger partial charge on any atom is 0.238 e. The monoisotopic (exact) mass is 311 g/mol. The first-order valence-corrected chi connectivity index (χ1v) is 7.20. The highest BCUT2D eigenvalue weighted by Gasteiger charge is 2.20. The van der Waals surface area contributed by atoms with Gasteiger partial charge in [0.1, 0.15) is 0 Å². The molecule has 0 saturated carbocycles. The molecular formula is C14H15Cl2N3O. The van der Waals surface area contributed by atoms with Crippen LogP contribution in [0.1, 0.15) is 12.8 Å². The molecule has 1 aliphatic heterocycles. The lowest BCUT2D eigenvalue weighted by Gasteiger charge is -2.28. The molecule has 6 heteroatoms. The molecule has 20 heavy (non-hydrogen) atoms. The highest BCUT2D eigenvalue weighted by Crippen LogP contribution is 2.22. The van der Waals surface area contributed by atoms with Crippen LogP contribution < -0.4 is 5.32 Å². The normalized spacial score (nSPS) is 16.6. The van der Waals surface area contributed by atoms with Gasteiger partial charge in [0.05, 0.1) is 12.6 Å². The van der Waals surface area contributed by atoms with Crippen molar-refractivity contribution >= 4 is 34.8 Å². The summed E-state index contributed by atoms with van der Waals surface area (Å²) in [4.78, 5) is 14.0. The van der Waals surface area contributed by atoms with E-state index in [1.54, 1.807) is 18.2 Å². The number of nitrogens with zero attached hydrogens (tertiary/aromatic N) is 2. The lowest BCUT2D eigenvalue weighted by Crippen LogP contribution is -2.39. The molecule has 1 amide bonds. The number of amides is 1. The Kier molecular flexibility index (Phi) is 5.24. The number of carbonyl (C=O) groups is 1. The second kappa shape index (κ2) is 6.94. The van der Waals surface area contributed by atoms with Gasteiger partial charge < -0.3 is 5.32 Å². The van der Waals surface area contributed by atoms with Gasteiger partial charge in [0.2, 0.25) is 5.91 Å². The summed E-state index contributed by atoms with van der Waals surface area (Å²) in [6.45, 7) is 1.88. The van der Waals surface area contributed by atoms with Gasteiger partial charge in [-0.05, 0) is 44.1 Å². The molecule has 0 atom stereocenters. The Morgan fingerprint density at radius 3 is 2.45 bits per heavy atom. The molecule has 1 saturated heterocycles. The summed E-state index contributed by atoms with van der Waals surface area (Å²) in [5, 5.41) is 12.6. The maximum absolute atomic E-state index is 12.0. The molecule has 1 aromatic carbocycles. The summed E-state index contributed by atoms with van der Waals surface area (Å²) >= 11 is 11.8. The summed E-state index contributed by atoms with van der Waals surface area (Å²) in [6, 6.07) is 7.21. The third kappa shape index (κ3) is 4.38. The molecule has 0 bridgehead atoms. The lowest BCUT2D eigenvalue weighted by molar-refractivity contribution is -0.117. The average molecular weight is 312 g/mol. The molecule has 0 unspecified atom stereocenters. The second-order valence-corrected chi connectivity index (χ2v) is 5.76. The minimum absolute atomic E-state index is 0.0984. The largest absolute Gasteiger partial charge is 0.325 e. The first-order valence-electron chi connectivity index (χ1n) is 6.45. The molecule has 1 N–H and O–H groups in total. The van der Waals surface area contributed by atoms with Gasteiger partial charge >= 0.3 is 0 Å². The van der Waals surface area contributed by atoms with Crippen molar-refractivity contribution in [3.63, 3.8) is 0 Å². The van der Waals surface area contributed by atoms with Crippen LogP contribution >= 0.6 is 23.2 Å². The Labute approximate surface area is 128 Å². The van der Waals surface area contributed by atoms with E-state index in [-0.39, 0.29) is 11.8 Å². The van der Waals surface area contributed by atoms with E-state index in [1.807, 2.05) is 0 Å². The Morgan fingerprint density at radius 1 is 1.30 bits per heavy atom. The Bertz CT molecular complexity index is 513. The van der Waals surface area contributed by atoms with Crippen LogP contribution in [0.2, 0.25) is 10.0 Å². The van der Waals surface area contributed by atoms with Crippen molar-refractivity contribution in [3.8, 4) is 6.07 Å². The minimum Gasteiger partial charge on any atom is -0.325 e. The number of halogens is 2. The number of hydrogen-bond acceptors (Lipinski definition) is 3.